The Kier molecular flexibility index (Phi) is 11.4. The minimum atomic E-state index is -0.804. The van der Waals surface area contributed by atoms with Crippen LogP contribution in [-0.2, 0) is 30.5 Å². The molecule has 0 spiro atoms. The number of likely N-dealkylation sites (tertiary alicyclic amines) is 2. The molecule has 0 aromatic heterocycles. The molecule has 4 rings (SSSR count). The first kappa shape index (κ1) is 33.4. The summed E-state index contributed by atoms with van der Waals surface area (Å²) in [5.41, 5.74) is 0.983. The van der Waals surface area contributed by atoms with Crippen molar-refractivity contribution in [1.82, 2.24) is 30.7 Å². The molecule has 5 atom stereocenters. The number of likely N-dealkylation sites (N-methyl/N-ethyl adjacent to an activating group) is 1. The number of carbonyl (C=O) groups excluding carboxylic acids is 5. The highest BCUT2D eigenvalue weighted by Gasteiger charge is 2.45. The first-order valence-electron chi connectivity index (χ1n) is 16.2. The molecule has 3 aliphatic rings. The zero-order valence-corrected chi connectivity index (χ0v) is 26.9. The molecule has 0 saturated carbocycles. The van der Waals surface area contributed by atoms with Gasteiger partial charge in [0.25, 0.3) is 0 Å². The van der Waals surface area contributed by atoms with Crippen molar-refractivity contribution in [3.63, 3.8) is 0 Å². The summed E-state index contributed by atoms with van der Waals surface area (Å²) >= 11 is 0. The third-order valence-electron chi connectivity index (χ3n) is 9.23. The van der Waals surface area contributed by atoms with Crippen LogP contribution >= 0.6 is 0 Å². The van der Waals surface area contributed by atoms with Crippen molar-refractivity contribution in [2.75, 3.05) is 26.7 Å². The molecule has 0 radical (unpaired) electrons. The lowest BCUT2D eigenvalue weighted by Crippen LogP contribution is -2.60. The minimum Gasteiger partial charge on any atom is -0.350 e. The summed E-state index contributed by atoms with van der Waals surface area (Å²) in [5.74, 6) is -1.60. The zero-order chi connectivity index (χ0) is 32.0. The lowest BCUT2D eigenvalue weighted by Gasteiger charge is -2.38. The lowest BCUT2D eigenvalue weighted by molar-refractivity contribution is -0.153. The molecule has 1 aromatic rings. The van der Waals surface area contributed by atoms with Crippen LogP contribution < -0.4 is 16.0 Å². The molecule has 3 saturated heterocycles. The number of rotatable bonds is 11. The van der Waals surface area contributed by atoms with Crippen LogP contribution in [0.4, 0.5) is 0 Å². The van der Waals surface area contributed by atoms with Crippen molar-refractivity contribution >= 4 is 29.5 Å². The molecule has 5 amide bonds. The maximum absolute atomic E-state index is 14.1. The molecule has 11 nitrogen and oxygen atoms in total. The van der Waals surface area contributed by atoms with Crippen LogP contribution in [0.5, 0.6) is 0 Å². The first-order chi connectivity index (χ1) is 21.0. The lowest BCUT2D eigenvalue weighted by atomic mass is 9.97. The number of nitrogens with one attached hydrogen (secondary N) is 3. The number of amides is 5. The number of nitrogens with zero attached hydrogens (tertiary/aromatic N) is 3. The van der Waals surface area contributed by atoms with Gasteiger partial charge < -0.3 is 30.7 Å². The van der Waals surface area contributed by atoms with Crippen LogP contribution in [0, 0.1) is 11.8 Å². The second kappa shape index (κ2) is 15.0. The number of carbonyl (C=O) groups is 5. The predicted molar refractivity (Wildman–Crippen MR) is 167 cm³/mol. The van der Waals surface area contributed by atoms with E-state index in [-0.39, 0.29) is 47.4 Å². The number of benzene rings is 1. The van der Waals surface area contributed by atoms with E-state index in [2.05, 4.69) is 16.0 Å². The Morgan fingerprint density at radius 1 is 0.864 bits per heavy atom. The van der Waals surface area contributed by atoms with Crippen molar-refractivity contribution in [3.8, 4) is 0 Å². The largest absolute Gasteiger partial charge is 0.350 e. The summed E-state index contributed by atoms with van der Waals surface area (Å²) in [4.78, 5) is 72.6. The fourth-order valence-electron chi connectivity index (χ4n) is 6.78. The van der Waals surface area contributed by atoms with Gasteiger partial charge in [-0.2, -0.15) is 0 Å². The van der Waals surface area contributed by atoms with Crippen molar-refractivity contribution in [2.45, 2.75) is 103 Å². The standard InChI is InChI=1S/C33H50N6O5/c1-21(2)27(36-29(40)24-14-9-17-34-24)32(43)37(5)28(22(3)4)33(44)39-19-11-16-26(39)31(42)38-18-10-15-25(38)30(41)35-20-23-12-7-6-8-13-23/h6-8,12-13,21-22,24-28,34H,9-11,14-20H2,1-5H3,(H,35,41)(H,36,40)/t24-,25+,26+,27+,28+/m1/s1. The van der Waals surface area contributed by atoms with Crippen molar-refractivity contribution in [3.05, 3.63) is 35.9 Å². The van der Waals surface area contributed by atoms with Crippen LogP contribution in [0.25, 0.3) is 0 Å². The molecular formula is C33H50N6O5. The third kappa shape index (κ3) is 7.60. The van der Waals surface area contributed by atoms with E-state index in [9.17, 15) is 24.0 Å². The van der Waals surface area contributed by atoms with Gasteiger partial charge in [0.1, 0.15) is 24.2 Å². The molecule has 0 bridgehead atoms. The minimum absolute atomic E-state index is 0.181. The Morgan fingerprint density at radius 3 is 2.14 bits per heavy atom. The van der Waals surface area contributed by atoms with E-state index in [1.165, 1.54) is 4.90 Å². The normalized spacial score (nSPS) is 23.1. The molecule has 3 aliphatic heterocycles. The smallest absolute Gasteiger partial charge is 0.246 e. The van der Waals surface area contributed by atoms with E-state index in [4.69, 9.17) is 0 Å². The Labute approximate surface area is 261 Å². The summed E-state index contributed by atoms with van der Waals surface area (Å²) in [5, 5.41) is 9.06. The van der Waals surface area contributed by atoms with Crippen molar-refractivity contribution in [2.24, 2.45) is 11.8 Å². The highest BCUT2D eigenvalue weighted by Crippen LogP contribution is 2.28. The molecule has 3 heterocycles. The van der Waals surface area contributed by atoms with E-state index < -0.39 is 24.2 Å². The van der Waals surface area contributed by atoms with Gasteiger partial charge in [-0.25, -0.2) is 0 Å². The first-order valence-corrected chi connectivity index (χ1v) is 16.2. The molecule has 11 heteroatoms. The number of hydrogen-bond donors (Lipinski definition) is 3. The number of hydrogen-bond acceptors (Lipinski definition) is 6. The molecule has 0 unspecified atom stereocenters. The summed E-state index contributed by atoms with van der Waals surface area (Å²) in [7, 11) is 1.61. The average molecular weight is 611 g/mol. The van der Waals surface area contributed by atoms with Crippen molar-refractivity contribution in [1.29, 1.82) is 0 Å². The van der Waals surface area contributed by atoms with E-state index in [1.54, 1.807) is 16.8 Å². The molecule has 44 heavy (non-hydrogen) atoms. The van der Waals surface area contributed by atoms with Gasteiger partial charge in [0.2, 0.25) is 29.5 Å². The van der Waals surface area contributed by atoms with E-state index in [1.807, 2.05) is 58.0 Å². The van der Waals surface area contributed by atoms with Crippen LogP contribution in [-0.4, -0.2) is 101 Å². The van der Waals surface area contributed by atoms with Gasteiger partial charge in [0.15, 0.2) is 0 Å². The third-order valence-corrected chi connectivity index (χ3v) is 9.23. The summed E-state index contributed by atoms with van der Waals surface area (Å²) in [6.07, 6.45) is 4.13. The van der Waals surface area contributed by atoms with Gasteiger partial charge in [-0.3, -0.25) is 24.0 Å². The molecule has 0 aliphatic carbocycles. The molecule has 1 aromatic carbocycles. The Hall–Kier alpha value is -3.47. The quantitative estimate of drug-likeness (QED) is 0.349. The Balaban J connectivity index is 1.44. The SMILES string of the molecule is CC(C)[C@H](NC(=O)[C@H]1CCCN1)C(=O)N(C)[C@H](C(=O)N1CCC[C@H]1C(=O)N1CCC[C@H]1C(=O)NCc1ccccc1)C(C)C. The van der Waals surface area contributed by atoms with Crippen LogP contribution in [0.3, 0.4) is 0 Å². The summed E-state index contributed by atoms with van der Waals surface area (Å²) in [6, 6.07) is 6.49. The van der Waals surface area contributed by atoms with E-state index in [0.717, 1.165) is 31.4 Å². The fraction of sp³-hybridized carbons (Fsp3) is 0.667. The molecule has 3 N–H and O–H groups in total. The summed E-state index contributed by atoms with van der Waals surface area (Å²) < 4.78 is 0. The maximum Gasteiger partial charge on any atom is 0.246 e. The van der Waals surface area contributed by atoms with Crippen molar-refractivity contribution < 1.29 is 24.0 Å². The average Bonchev–Trinajstić information content (AvgIpc) is 3.80. The van der Waals surface area contributed by atoms with Crippen LogP contribution in [0.2, 0.25) is 0 Å². The topological polar surface area (TPSA) is 131 Å². The molecule has 242 valence electrons. The van der Waals surface area contributed by atoms with Gasteiger partial charge in [-0.15, -0.1) is 0 Å². The Bertz CT molecular complexity index is 1180. The van der Waals surface area contributed by atoms with Gasteiger partial charge >= 0.3 is 0 Å². The van der Waals surface area contributed by atoms with E-state index in [0.29, 0.717) is 38.9 Å². The second-order valence-corrected chi connectivity index (χ2v) is 13.1. The zero-order valence-electron chi connectivity index (χ0n) is 26.9. The van der Waals surface area contributed by atoms with Crippen LogP contribution in [0.1, 0.15) is 71.8 Å². The Morgan fingerprint density at radius 2 is 1.52 bits per heavy atom. The van der Waals surface area contributed by atoms with Crippen LogP contribution in [0.15, 0.2) is 30.3 Å². The van der Waals surface area contributed by atoms with Gasteiger partial charge in [0, 0.05) is 26.7 Å². The second-order valence-electron chi connectivity index (χ2n) is 13.1. The highest BCUT2D eigenvalue weighted by atomic mass is 16.2. The van der Waals surface area contributed by atoms with E-state index >= 15 is 0 Å². The van der Waals surface area contributed by atoms with Gasteiger partial charge in [0.05, 0.1) is 6.04 Å². The molecular weight excluding hydrogens is 560 g/mol. The van der Waals surface area contributed by atoms with Gasteiger partial charge in [-0.05, 0) is 62.5 Å². The predicted octanol–water partition coefficient (Wildman–Crippen LogP) is 1.66. The highest BCUT2D eigenvalue weighted by molar-refractivity contribution is 5.96. The monoisotopic (exact) mass is 610 g/mol. The fourth-order valence-corrected chi connectivity index (χ4v) is 6.78. The maximum atomic E-state index is 14.1. The molecule has 3 fully saturated rings. The summed E-state index contributed by atoms with van der Waals surface area (Å²) in [6.45, 7) is 9.57. The van der Waals surface area contributed by atoms with Gasteiger partial charge in [-0.1, -0.05) is 58.0 Å².